The summed E-state index contributed by atoms with van der Waals surface area (Å²) in [5.74, 6) is 0.0823. The van der Waals surface area contributed by atoms with Crippen molar-refractivity contribution in [2.45, 2.75) is 39.3 Å². The number of rotatable bonds is 5. The highest BCUT2D eigenvalue weighted by molar-refractivity contribution is 6.30. The van der Waals surface area contributed by atoms with E-state index < -0.39 is 6.10 Å². The molecule has 22 heavy (non-hydrogen) atoms. The van der Waals surface area contributed by atoms with E-state index in [0.717, 1.165) is 0 Å². The summed E-state index contributed by atoms with van der Waals surface area (Å²) in [4.78, 5) is 25.4. The molecular weight excluding hydrogens is 304 g/mol. The number of likely N-dealkylation sites (N-methyl/N-ethyl adjacent to an activating group) is 1. The highest BCUT2D eigenvalue weighted by Gasteiger charge is 2.22. The minimum atomic E-state index is -0.686. The van der Waals surface area contributed by atoms with Gasteiger partial charge in [0, 0.05) is 17.6 Å². The second kappa shape index (κ2) is 7.49. The number of carbonyl (C=O) groups is 2. The van der Waals surface area contributed by atoms with Crippen LogP contribution in [0.4, 0.5) is 0 Å². The molecule has 1 atom stereocenters. The Morgan fingerprint density at radius 1 is 1.27 bits per heavy atom. The normalized spacial score (nSPS) is 12.5. The molecule has 0 aliphatic carbocycles. The van der Waals surface area contributed by atoms with E-state index >= 15 is 0 Å². The summed E-state index contributed by atoms with van der Waals surface area (Å²) in [5, 5.41) is 3.41. The molecule has 122 valence electrons. The van der Waals surface area contributed by atoms with Gasteiger partial charge in [0.1, 0.15) is 5.75 Å². The van der Waals surface area contributed by atoms with Gasteiger partial charge >= 0.3 is 0 Å². The second-order valence-electron chi connectivity index (χ2n) is 6.21. The van der Waals surface area contributed by atoms with Crippen LogP contribution in [0.25, 0.3) is 0 Å². The summed E-state index contributed by atoms with van der Waals surface area (Å²) in [6.45, 7) is 7.30. The summed E-state index contributed by atoms with van der Waals surface area (Å²) in [6, 6.07) is 6.76. The maximum atomic E-state index is 12.2. The van der Waals surface area contributed by atoms with Crippen LogP contribution < -0.4 is 10.1 Å². The van der Waals surface area contributed by atoms with Crippen LogP contribution in [0.15, 0.2) is 24.3 Å². The lowest BCUT2D eigenvalue weighted by atomic mass is 10.1. The number of nitrogens with zero attached hydrogens (tertiary/aromatic N) is 1. The van der Waals surface area contributed by atoms with E-state index in [1.54, 1.807) is 38.2 Å². The van der Waals surface area contributed by atoms with Gasteiger partial charge in [-0.2, -0.15) is 0 Å². The van der Waals surface area contributed by atoms with Crippen molar-refractivity contribution in [2.75, 3.05) is 13.6 Å². The van der Waals surface area contributed by atoms with Gasteiger partial charge in [0.05, 0.1) is 6.54 Å². The Bertz CT molecular complexity index is 523. The summed E-state index contributed by atoms with van der Waals surface area (Å²) >= 11 is 5.80. The molecule has 2 amide bonds. The minimum absolute atomic E-state index is 0.00950. The molecule has 0 aliphatic rings. The van der Waals surface area contributed by atoms with Crippen LogP contribution in [0.1, 0.15) is 27.7 Å². The Morgan fingerprint density at radius 3 is 2.32 bits per heavy atom. The number of ether oxygens (including phenoxy) is 1. The zero-order valence-electron chi connectivity index (χ0n) is 13.6. The van der Waals surface area contributed by atoms with Crippen LogP contribution >= 0.6 is 11.6 Å². The van der Waals surface area contributed by atoms with Crippen LogP contribution in [0.5, 0.6) is 5.75 Å². The molecule has 1 aromatic carbocycles. The fraction of sp³-hybridized carbons (Fsp3) is 0.500. The van der Waals surface area contributed by atoms with Crippen molar-refractivity contribution >= 4 is 23.4 Å². The monoisotopic (exact) mass is 326 g/mol. The first-order valence-corrected chi connectivity index (χ1v) is 7.44. The molecule has 1 rings (SSSR count). The van der Waals surface area contributed by atoms with Crippen LogP contribution in [-0.2, 0) is 9.59 Å². The fourth-order valence-electron chi connectivity index (χ4n) is 1.83. The fourth-order valence-corrected chi connectivity index (χ4v) is 1.96. The van der Waals surface area contributed by atoms with Crippen molar-refractivity contribution < 1.29 is 14.3 Å². The number of benzene rings is 1. The highest BCUT2D eigenvalue weighted by atomic mass is 35.5. The van der Waals surface area contributed by atoms with Gasteiger partial charge in [-0.1, -0.05) is 11.6 Å². The van der Waals surface area contributed by atoms with Crippen LogP contribution in [0.2, 0.25) is 5.02 Å². The average Bonchev–Trinajstić information content (AvgIpc) is 2.38. The van der Waals surface area contributed by atoms with Gasteiger partial charge in [0.2, 0.25) is 5.91 Å². The van der Waals surface area contributed by atoms with Crippen molar-refractivity contribution in [2.24, 2.45) is 0 Å². The second-order valence-corrected chi connectivity index (χ2v) is 6.64. The molecule has 0 spiro atoms. The molecule has 0 bridgehead atoms. The van der Waals surface area contributed by atoms with Crippen LogP contribution in [0, 0.1) is 0 Å². The van der Waals surface area contributed by atoms with Crippen molar-refractivity contribution in [1.82, 2.24) is 10.2 Å². The third-order valence-electron chi connectivity index (χ3n) is 2.75. The van der Waals surface area contributed by atoms with E-state index in [0.29, 0.717) is 10.8 Å². The molecule has 1 N–H and O–H groups in total. The first-order chi connectivity index (χ1) is 10.1. The first kappa shape index (κ1) is 18.3. The quantitative estimate of drug-likeness (QED) is 0.904. The molecule has 0 fully saturated rings. The molecule has 0 aliphatic heterocycles. The summed E-state index contributed by atoms with van der Waals surface area (Å²) in [6.07, 6.45) is -0.686. The number of hydrogen-bond acceptors (Lipinski definition) is 3. The maximum Gasteiger partial charge on any atom is 0.263 e. The molecule has 0 heterocycles. The van der Waals surface area contributed by atoms with Gasteiger partial charge < -0.3 is 15.0 Å². The Labute approximate surface area is 136 Å². The lowest BCUT2D eigenvalue weighted by molar-refractivity contribution is -0.140. The maximum absolute atomic E-state index is 12.2. The van der Waals surface area contributed by atoms with E-state index in [9.17, 15) is 9.59 Å². The molecule has 0 aromatic heterocycles. The molecule has 6 heteroatoms. The molecule has 5 nitrogen and oxygen atoms in total. The number of amides is 2. The molecule has 0 saturated heterocycles. The number of halogens is 1. The largest absolute Gasteiger partial charge is 0.481 e. The lowest BCUT2D eigenvalue weighted by Gasteiger charge is -2.25. The van der Waals surface area contributed by atoms with Gasteiger partial charge in [-0.25, -0.2) is 0 Å². The lowest BCUT2D eigenvalue weighted by Crippen LogP contribution is -2.48. The summed E-state index contributed by atoms with van der Waals surface area (Å²) < 4.78 is 5.55. The zero-order chi connectivity index (χ0) is 16.9. The van der Waals surface area contributed by atoms with E-state index in [1.165, 1.54) is 4.90 Å². The van der Waals surface area contributed by atoms with Crippen molar-refractivity contribution in [1.29, 1.82) is 0 Å². The van der Waals surface area contributed by atoms with Gasteiger partial charge in [-0.15, -0.1) is 0 Å². The molecule has 0 saturated carbocycles. The third-order valence-corrected chi connectivity index (χ3v) is 3.00. The van der Waals surface area contributed by atoms with E-state index in [4.69, 9.17) is 16.3 Å². The topological polar surface area (TPSA) is 58.6 Å². The van der Waals surface area contributed by atoms with Crippen LogP contribution in [0.3, 0.4) is 0 Å². The zero-order valence-corrected chi connectivity index (χ0v) is 14.4. The van der Waals surface area contributed by atoms with Gasteiger partial charge in [-0.3, -0.25) is 9.59 Å². The van der Waals surface area contributed by atoms with Crippen molar-refractivity contribution in [3.63, 3.8) is 0 Å². The predicted octanol–water partition coefficient (Wildman–Crippen LogP) is 2.48. The predicted molar refractivity (Wildman–Crippen MR) is 87.1 cm³/mol. The van der Waals surface area contributed by atoms with E-state index in [1.807, 2.05) is 20.8 Å². The van der Waals surface area contributed by atoms with Crippen LogP contribution in [-0.4, -0.2) is 41.9 Å². The molecule has 1 aromatic rings. The Hall–Kier alpha value is -1.75. The number of hydrogen-bond donors (Lipinski definition) is 1. The van der Waals surface area contributed by atoms with Gasteiger partial charge in [-0.05, 0) is 52.0 Å². The molecular formula is C16H23ClN2O3. The molecule has 0 radical (unpaired) electrons. The summed E-state index contributed by atoms with van der Waals surface area (Å²) in [5.41, 5.74) is -0.327. The van der Waals surface area contributed by atoms with Gasteiger partial charge in [0.25, 0.3) is 5.91 Å². The standard InChI is InChI=1S/C16H23ClN2O3/c1-11(22-13-8-6-12(17)7-9-13)15(21)19(5)10-14(20)18-16(2,3)4/h6-9,11H,10H2,1-5H3,(H,18,20)/t11-/m0/s1. The van der Waals surface area contributed by atoms with Gasteiger partial charge in [0.15, 0.2) is 6.10 Å². The molecule has 0 unspecified atom stereocenters. The van der Waals surface area contributed by atoms with E-state index in [2.05, 4.69) is 5.32 Å². The SMILES string of the molecule is C[C@H](Oc1ccc(Cl)cc1)C(=O)N(C)CC(=O)NC(C)(C)C. The third kappa shape index (κ3) is 6.35. The van der Waals surface area contributed by atoms with E-state index in [-0.39, 0.29) is 23.9 Å². The van der Waals surface area contributed by atoms with Crippen molar-refractivity contribution in [3.05, 3.63) is 29.3 Å². The summed E-state index contributed by atoms with van der Waals surface area (Å²) in [7, 11) is 1.58. The Morgan fingerprint density at radius 2 is 1.82 bits per heavy atom. The smallest absolute Gasteiger partial charge is 0.263 e. The number of carbonyl (C=O) groups excluding carboxylic acids is 2. The van der Waals surface area contributed by atoms with Crippen molar-refractivity contribution in [3.8, 4) is 5.75 Å². The Balaban J connectivity index is 2.54. The average molecular weight is 327 g/mol. The Kier molecular flexibility index (Phi) is 6.23. The highest BCUT2D eigenvalue weighted by Crippen LogP contribution is 2.17. The first-order valence-electron chi connectivity index (χ1n) is 7.07. The number of nitrogens with one attached hydrogen (secondary N) is 1. The minimum Gasteiger partial charge on any atom is -0.481 e.